The van der Waals surface area contributed by atoms with Crippen LogP contribution < -0.4 is 10.6 Å². The molecule has 3 rings (SSSR count). The van der Waals surface area contributed by atoms with Gasteiger partial charge in [-0.15, -0.1) is 0 Å². The average molecular weight is 258 g/mol. The molecule has 2 aromatic rings. The van der Waals surface area contributed by atoms with Crippen LogP contribution in [0.5, 0.6) is 0 Å². The zero-order valence-corrected chi connectivity index (χ0v) is 11.2. The summed E-state index contributed by atoms with van der Waals surface area (Å²) in [5.41, 5.74) is 4.15. The second-order valence-corrected chi connectivity index (χ2v) is 5.65. The number of benzene rings is 1. The van der Waals surface area contributed by atoms with E-state index in [2.05, 4.69) is 51.7 Å². The van der Waals surface area contributed by atoms with Gasteiger partial charge in [-0.3, -0.25) is 0 Å². The highest BCUT2D eigenvalue weighted by molar-refractivity contribution is 7.07. The quantitative estimate of drug-likeness (QED) is 0.880. The molecule has 94 valence electrons. The van der Waals surface area contributed by atoms with E-state index in [1.807, 2.05) is 0 Å². The van der Waals surface area contributed by atoms with Crippen LogP contribution in [0.25, 0.3) is 0 Å². The fourth-order valence-electron chi connectivity index (χ4n) is 2.47. The highest BCUT2D eigenvalue weighted by Gasteiger charge is 2.16. The number of thiophene rings is 1. The number of fused-ring (bicyclic) bond motifs is 1. The Balaban J connectivity index is 1.51. The zero-order chi connectivity index (χ0) is 12.2. The summed E-state index contributed by atoms with van der Waals surface area (Å²) in [6.07, 6.45) is 1.18. The van der Waals surface area contributed by atoms with Crippen LogP contribution in [0.1, 0.15) is 11.1 Å². The highest BCUT2D eigenvalue weighted by atomic mass is 32.1. The number of para-hydroxylation sites is 1. The average Bonchev–Trinajstić information content (AvgIpc) is 2.92. The predicted octanol–water partition coefficient (Wildman–Crippen LogP) is 3.12. The van der Waals surface area contributed by atoms with E-state index < -0.39 is 0 Å². The molecule has 0 bridgehead atoms. The lowest BCUT2D eigenvalue weighted by molar-refractivity contribution is 0.483. The van der Waals surface area contributed by atoms with Crippen molar-refractivity contribution in [2.45, 2.75) is 13.0 Å². The Labute approximate surface area is 112 Å². The summed E-state index contributed by atoms with van der Waals surface area (Å²) in [5, 5.41) is 11.4. The van der Waals surface area contributed by atoms with Crippen LogP contribution in [0.15, 0.2) is 41.1 Å². The minimum Gasteiger partial charge on any atom is -0.384 e. The fraction of sp³-hybridized carbons (Fsp3) is 0.333. The lowest BCUT2D eigenvalue weighted by Gasteiger charge is -2.26. The largest absolute Gasteiger partial charge is 0.384 e. The monoisotopic (exact) mass is 258 g/mol. The molecule has 1 unspecified atom stereocenters. The van der Waals surface area contributed by atoms with Crippen LogP contribution in [0, 0.1) is 5.92 Å². The van der Waals surface area contributed by atoms with Gasteiger partial charge in [-0.2, -0.15) is 11.3 Å². The standard InChI is InChI=1S/C15H18N2S/c1-2-4-15-14(3-1)7-13(10-17-15)9-16-8-12-5-6-18-11-12/h1-6,11,13,16-17H,7-10H2. The van der Waals surface area contributed by atoms with E-state index in [9.17, 15) is 0 Å². The van der Waals surface area contributed by atoms with Crippen LogP contribution in [-0.2, 0) is 13.0 Å². The van der Waals surface area contributed by atoms with Gasteiger partial charge in [0.05, 0.1) is 0 Å². The van der Waals surface area contributed by atoms with Gasteiger partial charge < -0.3 is 10.6 Å². The highest BCUT2D eigenvalue weighted by Crippen LogP contribution is 2.23. The Hall–Kier alpha value is -1.32. The summed E-state index contributed by atoms with van der Waals surface area (Å²) in [5.74, 6) is 0.693. The van der Waals surface area contributed by atoms with Crippen molar-refractivity contribution in [3.8, 4) is 0 Å². The molecule has 0 saturated heterocycles. The molecule has 0 spiro atoms. The number of hydrogen-bond acceptors (Lipinski definition) is 3. The molecule has 1 atom stereocenters. The van der Waals surface area contributed by atoms with Gasteiger partial charge in [0.2, 0.25) is 0 Å². The maximum atomic E-state index is 3.55. The van der Waals surface area contributed by atoms with Gasteiger partial charge in [-0.05, 0) is 46.4 Å². The summed E-state index contributed by atoms with van der Waals surface area (Å²) in [4.78, 5) is 0. The van der Waals surface area contributed by atoms with E-state index in [1.54, 1.807) is 11.3 Å². The molecule has 0 amide bonds. The first-order chi connectivity index (χ1) is 8.92. The Morgan fingerprint density at radius 2 is 2.22 bits per heavy atom. The van der Waals surface area contributed by atoms with Crippen molar-refractivity contribution in [2.75, 3.05) is 18.4 Å². The molecule has 0 radical (unpaired) electrons. The Morgan fingerprint density at radius 1 is 1.28 bits per heavy atom. The van der Waals surface area contributed by atoms with Crippen molar-refractivity contribution < 1.29 is 0 Å². The third kappa shape index (κ3) is 2.74. The molecule has 1 aliphatic heterocycles. The molecule has 2 nitrogen and oxygen atoms in total. The summed E-state index contributed by atoms with van der Waals surface area (Å²) < 4.78 is 0. The van der Waals surface area contributed by atoms with Gasteiger partial charge in [0.15, 0.2) is 0 Å². The van der Waals surface area contributed by atoms with E-state index in [1.165, 1.54) is 23.2 Å². The first-order valence-corrected chi connectivity index (χ1v) is 7.39. The molecule has 1 aliphatic rings. The smallest absolute Gasteiger partial charge is 0.0372 e. The Bertz CT molecular complexity index is 493. The maximum absolute atomic E-state index is 3.55. The summed E-state index contributed by atoms with van der Waals surface area (Å²) in [6, 6.07) is 10.8. The van der Waals surface area contributed by atoms with Gasteiger partial charge in [0.25, 0.3) is 0 Å². The number of rotatable bonds is 4. The molecule has 18 heavy (non-hydrogen) atoms. The second-order valence-electron chi connectivity index (χ2n) is 4.87. The van der Waals surface area contributed by atoms with Crippen molar-refractivity contribution >= 4 is 17.0 Å². The second kappa shape index (κ2) is 5.55. The van der Waals surface area contributed by atoms with E-state index in [0.717, 1.165) is 19.6 Å². The summed E-state index contributed by atoms with van der Waals surface area (Å²) in [7, 11) is 0. The van der Waals surface area contributed by atoms with Gasteiger partial charge in [-0.25, -0.2) is 0 Å². The number of anilines is 1. The molecule has 0 saturated carbocycles. The molecule has 0 aliphatic carbocycles. The normalized spacial score (nSPS) is 18.1. The van der Waals surface area contributed by atoms with E-state index in [4.69, 9.17) is 0 Å². The fourth-order valence-corrected chi connectivity index (χ4v) is 3.14. The SMILES string of the molecule is c1ccc2c(c1)CC(CNCc1ccsc1)CN2. The van der Waals surface area contributed by atoms with Crippen LogP contribution >= 0.6 is 11.3 Å². The van der Waals surface area contributed by atoms with Gasteiger partial charge >= 0.3 is 0 Å². The van der Waals surface area contributed by atoms with Gasteiger partial charge in [0, 0.05) is 25.3 Å². The Kier molecular flexibility index (Phi) is 3.62. The van der Waals surface area contributed by atoms with Crippen molar-refractivity contribution in [1.82, 2.24) is 5.32 Å². The van der Waals surface area contributed by atoms with E-state index in [0.29, 0.717) is 5.92 Å². The first-order valence-electron chi connectivity index (χ1n) is 6.45. The molecule has 1 aromatic heterocycles. The number of hydrogen-bond donors (Lipinski definition) is 2. The topological polar surface area (TPSA) is 24.1 Å². The van der Waals surface area contributed by atoms with Crippen LogP contribution in [0.3, 0.4) is 0 Å². The lowest BCUT2D eigenvalue weighted by Crippen LogP contribution is -2.32. The van der Waals surface area contributed by atoms with Gasteiger partial charge in [0.1, 0.15) is 0 Å². The van der Waals surface area contributed by atoms with Crippen LogP contribution in [-0.4, -0.2) is 13.1 Å². The minimum atomic E-state index is 0.693. The lowest BCUT2D eigenvalue weighted by atomic mass is 9.94. The molecule has 1 aromatic carbocycles. The molecule has 3 heteroatoms. The van der Waals surface area contributed by atoms with Crippen LogP contribution in [0.4, 0.5) is 5.69 Å². The molecule has 0 fully saturated rings. The maximum Gasteiger partial charge on any atom is 0.0372 e. The summed E-state index contributed by atoms with van der Waals surface area (Å²) in [6.45, 7) is 3.15. The van der Waals surface area contributed by atoms with Gasteiger partial charge in [-0.1, -0.05) is 18.2 Å². The zero-order valence-electron chi connectivity index (χ0n) is 10.4. The van der Waals surface area contributed by atoms with E-state index in [-0.39, 0.29) is 0 Å². The third-order valence-electron chi connectivity index (χ3n) is 3.45. The predicted molar refractivity (Wildman–Crippen MR) is 78.2 cm³/mol. The minimum absolute atomic E-state index is 0.693. The first kappa shape index (κ1) is 11.8. The van der Waals surface area contributed by atoms with Crippen molar-refractivity contribution in [3.63, 3.8) is 0 Å². The Morgan fingerprint density at radius 3 is 3.11 bits per heavy atom. The molecular formula is C15H18N2S. The van der Waals surface area contributed by atoms with Crippen molar-refractivity contribution in [2.24, 2.45) is 5.92 Å². The van der Waals surface area contributed by atoms with Crippen molar-refractivity contribution in [3.05, 3.63) is 52.2 Å². The number of nitrogens with one attached hydrogen (secondary N) is 2. The molecule has 2 N–H and O–H groups in total. The van der Waals surface area contributed by atoms with Crippen LogP contribution in [0.2, 0.25) is 0 Å². The third-order valence-corrected chi connectivity index (χ3v) is 4.18. The van der Waals surface area contributed by atoms with E-state index >= 15 is 0 Å². The molecule has 2 heterocycles. The summed E-state index contributed by atoms with van der Waals surface area (Å²) >= 11 is 1.76. The molecular weight excluding hydrogens is 240 g/mol. The van der Waals surface area contributed by atoms with Crippen molar-refractivity contribution in [1.29, 1.82) is 0 Å².